The molecule has 0 bridgehead atoms. The van der Waals surface area contributed by atoms with Crippen molar-refractivity contribution < 1.29 is 4.52 Å². The normalized spacial score (nSPS) is 17.1. The fraction of sp³-hybridized carbons (Fsp3) is 0.238. The summed E-state index contributed by atoms with van der Waals surface area (Å²) in [4.78, 5) is 9.97. The maximum atomic E-state index is 5.59. The van der Waals surface area contributed by atoms with Crippen molar-refractivity contribution >= 4 is 22.7 Å². The van der Waals surface area contributed by atoms with Gasteiger partial charge in [-0.1, -0.05) is 41.1 Å². The highest BCUT2D eigenvalue weighted by molar-refractivity contribution is 7.10. The van der Waals surface area contributed by atoms with Gasteiger partial charge in [0, 0.05) is 21.9 Å². The lowest BCUT2D eigenvalue weighted by Crippen LogP contribution is -2.34. The molecule has 0 spiro atoms. The van der Waals surface area contributed by atoms with Crippen LogP contribution >= 0.6 is 22.7 Å². The van der Waals surface area contributed by atoms with Gasteiger partial charge in [-0.2, -0.15) is 4.98 Å². The average Bonchev–Trinajstić information content (AvgIpc) is 3.44. The Bertz CT molecular complexity index is 1030. The Morgan fingerprint density at radius 2 is 2.00 bits per heavy atom. The monoisotopic (exact) mass is 393 g/mol. The van der Waals surface area contributed by atoms with Gasteiger partial charge < -0.3 is 4.52 Å². The van der Waals surface area contributed by atoms with E-state index < -0.39 is 0 Å². The van der Waals surface area contributed by atoms with Crippen LogP contribution in [0.3, 0.4) is 0 Å². The van der Waals surface area contributed by atoms with E-state index in [-0.39, 0.29) is 6.04 Å². The standard InChI is InChI=1S/C21H19N3OS2/c1-14-4-6-15(7-5-14)21-22-19(25-23-21)13-24-10-8-17-16(9-12-27-17)20(24)18-3-2-11-26-18/h2-7,9,11-12,20H,8,10,13H2,1H3/t20-/m1/s1. The Labute approximate surface area is 166 Å². The second kappa shape index (κ2) is 7.03. The Morgan fingerprint density at radius 3 is 2.81 bits per heavy atom. The molecule has 0 radical (unpaired) electrons. The second-order valence-corrected chi connectivity index (χ2v) is 8.80. The van der Waals surface area contributed by atoms with Crippen molar-refractivity contribution in [1.29, 1.82) is 0 Å². The van der Waals surface area contributed by atoms with Crippen LogP contribution in [0.25, 0.3) is 11.4 Å². The van der Waals surface area contributed by atoms with Gasteiger partial charge in [-0.25, -0.2) is 0 Å². The van der Waals surface area contributed by atoms with Crippen LogP contribution in [0.4, 0.5) is 0 Å². The SMILES string of the molecule is Cc1ccc(-c2noc(CN3CCc4sccc4[C@@H]3c3cccs3)n2)cc1. The number of thiophene rings is 2. The quantitative estimate of drug-likeness (QED) is 0.471. The zero-order valence-corrected chi connectivity index (χ0v) is 16.6. The molecule has 0 fully saturated rings. The summed E-state index contributed by atoms with van der Waals surface area (Å²) in [5, 5.41) is 8.55. The summed E-state index contributed by atoms with van der Waals surface area (Å²) in [5.41, 5.74) is 3.64. The maximum absolute atomic E-state index is 5.59. The van der Waals surface area contributed by atoms with Crippen LogP contribution in [0.1, 0.15) is 32.8 Å². The van der Waals surface area contributed by atoms with E-state index in [1.54, 1.807) is 0 Å². The van der Waals surface area contributed by atoms with Crippen LogP contribution in [0.2, 0.25) is 0 Å². The van der Waals surface area contributed by atoms with Crippen LogP contribution < -0.4 is 0 Å². The van der Waals surface area contributed by atoms with Crippen LogP contribution in [-0.4, -0.2) is 21.6 Å². The van der Waals surface area contributed by atoms with E-state index in [0.717, 1.165) is 18.5 Å². The summed E-state index contributed by atoms with van der Waals surface area (Å²) in [7, 11) is 0. The second-order valence-electron chi connectivity index (χ2n) is 6.82. The minimum atomic E-state index is 0.273. The zero-order valence-electron chi connectivity index (χ0n) is 15.0. The number of hydrogen-bond acceptors (Lipinski definition) is 6. The van der Waals surface area contributed by atoms with Gasteiger partial charge in [-0.05, 0) is 41.8 Å². The average molecular weight is 394 g/mol. The summed E-state index contributed by atoms with van der Waals surface area (Å²) in [6.07, 6.45) is 1.08. The van der Waals surface area contributed by atoms with Crippen molar-refractivity contribution in [3.8, 4) is 11.4 Å². The van der Waals surface area contributed by atoms with Crippen molar-refractivity contribution in [2.24, 2.45) is 0 Å². The van der Waals surface area contributed by atoms with E-state index >= 15 is 0 Å². The maximum Gasteiger partial charge on any atom is 0.241 e. The Balaban J connectivity index is 1.42. The first-order chi connectivity index (χ1) is 13.3. The molecule has 1 atom stereocenters. The molecule has 0 aliphatic carbocycles. The molecule has 0 N–H and O–H groups in total. The lowest BCUT2D eigenvalue weighted by Gasteiger charge is -2.34. The zero-order chi connectivity index (χ0) is 18.2. The van der Waals surface area contributed by atoms with Gasteiger partial charge in [0.25, 0.3) is 0 Å². The molecule has 6 heteroatoms. The molecule has 4 heterocycles. The van der Waals surface area contributed by atoms with E-state index in [1.807, 2.05) is 34.8 Å². The van der Waals surface area contributed by atoms with Gasteiger partial charge in [-0.3, -0.25) is 4.90 Å². The molecule has 0 saturated carbocycles. The Morgan fingerprint density at radius 1 is 1.11 bits per heavy atom. The summed E-state index contributed by atoms with van der Waals surface area (Å²) < 4.78 is 5.59. The number of aryl methyl sites for hydroxylation is 1. The molecule has 4 aromatic rings. The van der Waals surface area contributed by atoms with E-state index in [2.05, 4.69) is 63.1 Å². The van der Waals surface area contributed by atoms with Gasteiger partial charge in [-0.15, -0.1) is 22.7 Å². The predicted molar refractivity (Wildman–Crippen MR) is 109 cm³/mol. The van der Waals surface area contributed by atoms with E-state index in [4.69, 9.17) is 4.52 Å². The van der Waals surface area contributed by atoms with Gasteiger partial charge in [0.1, 0.15) is 0 Å². The molecule has 1 aromatic carbocycles. The minimum absolute atomic E-state index is 0.273. The first kappa shape index (κ1) is 16.9. The number of rotatable bonds is 4. The van der Waals surface area contributed by atoms with E-state index in [9.17, 15) is 0 Å². The number of nitrogens with zero attached hydrogens (tertiary/aromatic N) is 3. The largest absolute Gasteiger partial charge is 0.338 e. The Kier molecular flexibility index (Phi) is 4.39. The lowest BCUT2D eigenvalue weighted by atomic mass is 9.98. The molecule has 0 saturated heterocycles. The lowest BCUT2D eigenvalue weighted by molar-refractivity contribution is 0.181. The van der Waals surface area contributed by atoms with Crippen molar-refractivity contribution in [1.82, 2.24) is 15.0 Å². The topological polar surface area (TPSA) is 42.2 Å². The van der Waals surface area contributed by atoms with Crippen LogP contribution in [0.5, 0.6) is 0 Å². The highest BCUT2D eigenvalue weighted by Crippen LogP contribution is 2.40. The highest BCUT2D eigenvalue weighted by Gasteiger charge is 2.31. The Hall–Kier alpha value is -2.28. The molecule has 5 rings (SSSR count). The summed E-state index contributed by atoms with van der Waals surface area (Å²) in [5.74, 6) is 1.33. The van der Waals surface area contributed by atoms with Crippen LogP contribution in [-0.2, 0) is 13.0 Å². The van der Waals surface area contributed by atoms with Crippen molar-refractivity contribution in [3.63, 3.8) is 0 Å². The highest BCUT2D eigenvalue weighted by atomic mass is 32.1. The summed E-state index contributed by atoms with van der Waals surface area (Å²) in [6.45, 7) is 3.74. The van der Waals surface area contributed by atoms with Crippen molar-refractivity contribution in [2.75, 3.05) is 6.54 Å². The first-order valence-electron chi connectivity index (χ1n) is 9.01. The van der Waals surface area contributed by atoms with Crippen LogP contribution in [0.15, 0.2) is 57.7 Å². The minimum Gasteiger partial charge on any atom is -0.338 e. The third-order valence-corrected chi connectivity index (χ3v) is 6.92. The van der Waals surface area contributed by atoms with Gasteiger partial charge in [0.15, 0.2) is 0 Å². The third kappa shape index (κ3) is 3.25. The summed E-state index contributed by atoms with van der Waals surface area (Å²) in [6, 6.07) is 15.1. The third-order valence-electron chi connectivity index (χ3n) is 4.99. The van der Waals surface area contributed by atoms with Gasteiger partial charge in [0.2, 0.25) is 11.7 Å². The number of aromatic nitrogens is 2. The summed E-state index contributed by atoms with van der Waals surface area (Å²) >= 11 is 3.67. The molecule has 0 amide bonds. The first-order valence-corrected chi connectivity index (χ1v) is 10.8. The molecule has 136 valence electrons. The fourth-order valence-electron chi connectivity index (χ4n) is 3.63. The van der Waals surface area contributed by atoms with Crippen molar-refractivity contribution in [3.05, 3.63) is 80.0 Å². The van der Waals surface area contributed by atoms with Gasteiger partial charge in [0.05, 0.1) is 12.6 Å². The molecule has 1 aliphatic rings. The van der Waals surface area contributed by atoms with Gasteiger partial charge >= 0.3 is 0 Å². The number of fused-ring (bicyclic) bond motifs is 1. The molecule has 0 unspecified atom stereocenters. The molecule has 3 aromatic heterocycles. The smallest absolute Gasteiger partial charge is 0.241 e. The number of hydrogen-bond donors (Lipinski definition) is 0. The predicted octanol–water partition coefficient (Wildman–Crippen LogP) is 5.32. The fourth-order valence-corrected chi connectivity index (χ4v) is 5.41. The molecule has 1 aliphatic heterocycles. The van der Waals surface area contributed by atoms with Crippen molar-refractivity contribution in [2.45, 2.75) is 25.9 Å². The molecule has 27 heavy (non-hydrogen) atoms. The van der Waals surface area contributed by atoms with E-state index in [0.29, 0.717) is 18.3 Å². The van der Waals surface area contributed by atoms with Crippen LogP contribution in [0, 0.1) is 6.92 Å². The number of benzene rings is 1. The molecule has 4 nitrogen and oxygen atoms in total. The van der Waals surface area contributed by atoms with E-state index in [1.165, 1.54) is 20.9 Å². The molecular weight excluding hydrogens is 374 g/mol. The molecular formula is C21H19N3OS2.